The smallest absolute Gasteiger partial charge is 0.152 e. The first-order valence-electron chi connectivity index (χ1n) is 4.40. The number of hydrogen-bond acceptors (Lipinski definition) is 2. The summed E-state index contributed by atoms with van der Waals surface area (Å²) >= 11 is 0. The molecule has 0 radical (unpaired) electrons. The third-order valence-electron chi connectivity index (χ3n) is 1.28. The van der Waals surface area contributed by atoms with Crippen molar-refractivity contribution in [2.75, 3.05) is 7.11 Å². The van der Waals surface area contributed by atoms with Gasteiger partial charge >= 0.3 is 0 Å². The molecule has 0 saturated heterocycles. The van der Waals surface area contributed by atoms with Crippen LogP contribution in [0.15, 0.2) is 18.2 Å². The normalized spacial score (nSPS) is 7.57. The van der Waals surface area contributed by atoms with Crippen molar-refractivity contribution in [1.82, 2.24) is 0 Å². The number of aryl methyl sites for hydroxylation is 1. The minimum Gasteiger partial charge on any atom is -0.400 e. The number of benzene rings is 1. The monoisotopic (exact) mass is 200 g/mol. The van der Waals surface area contributed by atoms with Gasteiger partial charge in [0.15, 0.2) is 6.29 Å². The maximum Gasteiger partial charge on any atom is 0.152 e. The van der Waals surface area contributed by atoms with Crippen LogP contribution in [0.4, 0.5) is 4.39 Å². The predicted molar refractivity (Wildman–Crippen MR) is 56.0 cm³/mol. The van der Waals surface area contributed by atoms with Gasteiger partial charge in [-0.05, 0) is 24.6 Å². The number of hydrogen-bond donors (Lipinski definition) is 1. The van der Waals surface area contributed by atoms with Crippen molar-refractivity contribution in [3.05, 3.63) is 35.1 Å². The summed E-state index contributed by atoms with van der Waals surface area (Å²) in [5.74, 6) is -0.449. The van der Waals surface area contributed by atoms with Gasteiger partial charge in [0.2, 0.25) is 0 Å². The van der Waals surface area contributed by atoms with Gasteiger partial charge in [-0.2, -0.15) is 0 Å². The highest BCUT2D eigenvalue weighted by atomic mass is 19.1. The zero-order valence-corrected chi connectivity index (χ0v) is 9.04. The van der Waals surface area contributed by atoms with Crippen molar-refractivity contribution in [3.63, 3.8) is 0 Å². The number of halogens is 1. The molecule has 1 N–H and O–H groups in total. The summed E-state index contributed by atoms with van der Waals surface area (Å²) < 4.78 is 12.6. The maximum atomic E-state index is 12.6. The zero-order chi connectivity index (χ0) is 11.6. The van der Waals surface area contributed by atoms with E-state index in [1.165, 1.54) is 12.1 Å². The molecule has 0 aromatic heterocycles. The minimum absolute atomic E-state index is 0.116. The quantitative estimate of drug-likeness (QED) is 0.707. The average molecular weight is 200 g/mol. The van der Waals surface area contributed by atoms with Gasteiger partial charge in [0.25, 0.3) is 0 Å². The Morgan fingerprint density at radius 2 is 1.79 bits per heavy atom. The Morgan fingerprint density at radius 1 is 1.29 bits per heavy atom. The van der Waals surface area contributed by atoms with E-state index in [-0.39, 0.29) is 5.56 Å². The molecular formula is C11H17FO2. The van der Waals surface area contributed by atoms with Crippen LogP contribution in [0.25, 0.3) is 0 Å². The van der Waals surface area contributed by atoms with Gasteiger partial charge in [-0.1, -0.05) is 19.9 Å². The lowest BCUT2D eigenvalue weighted by molar-refractivity contribution is 0.112. The van der Waals surface area contributed by atoms with E-state index in [4.69, 9.17) is 5.11 Å². The summed E-state index contributed by atoms with van der Waals surface area (Å²) in [5, 5.41) is 7.00. The molecule has 0 fully saturated rings. The molecule has 0 heterocycles. The molecule has 0 unspecified atom stereocenters. The summed E-state index contributed by atoms with van der Waals surface area (Å²) in [7, 11) is 1.00. The Bertz CT molecular complexity index is 259. The molecule has 2 nitrogen and oxygen atoms in total. The van der Waals surface area contributed by atoms with Crippen LogP contribution in [0.1, 0.15) is 29.8 Å². The van der Waals surface area contributed by atoms with E-state index in [0.29, 0.717) is 6.29 Å². The molecule has 0 saturated carbocycles. The first-order valence-corrected chi connectivity index (χ1v) is 4.40. The van der Waals surface area contributed by atoms with E-state index < -0.39 is 5.82 Å². The summed E-state index contributed by atoms with van der Waals surface area (Å²) in [5.41, 5.74) is 0.939. The van der Waals surface area contributed by atoms with E-state index in [1.54, 1.807) is 13.0 Å². The van der Waals surface area contributed by atoms with Crippen LogP contribution in [0, 0.1) is 12.7 Å². The molecule has 14 heavy (non-hydrogen) atoms. The molecule has 0 amide bonds. The zero-order valence-electron chi connectivity index (χ0n) is 9.04. The highest BCUT2D eigenvalue weighted by Crippen LogP contribution is 2.06. The molecule has 0 aliphatic carbocycles. The molecule has 3 heteroatoms. The number of aliphatic hydroxyl groups excluding tert-OH is 1. The maximum absolute atomic E-state index is 12.6. The second-order valence-electron chi connectivity index (χ2n) is 2.14. The Balaban J connectivity index is 0. The number of rotatable bonds is 1. The van der Waals surface area contributed by atoms with Gasteiger partial charge in [-0.25, -0.2) is 4.39 Å². The Morgan fingerprint density at radius 3 is 2.14 bits per heavy atom. The third kappa shape index (κ3) is 5.43. The van der Waals surface area contributed by atoms with Crippen LogP contribution >= 0.6 is 0 Å². The Kier molecular flexibility index (Phi) is 10.8. The fraction of sp³-hybridized carbons (Fsp3) is 0.364. The van der Waals surface area contributed by atoms with Crippen LogP contribution in [-0.4, -0.2) is 18.5 Å². The van der Waals surface area contributed by atoms with Crippen molar-refractivity contribution in [2.24, 2.45) is 0 Å². The van der Waals surface area contributed by atoms with Crippen molar-refractivity contribution in [1.29, 1.82) is 0 Å². The van der Waals surface area contributed by atoms with Gasteiger partial charge in [-0.3, -0.25) is 4.79 Å². The lowest BCUT2D eigenvalue weighted by Crippen LogP contribution is -1.86. The van der Waals surface area contributed by atoms with E-state index in [2.05, 4.69) is 0 Å². The third-order valence-corrected chi connectivity index (χ3v) is 1.28. The van der Waals surface area contributed by atoms with Crippen LogP contribution in [-0.2, 0) is 0 Å². The van der Waals surface area contributed by atoms with Crippen LogP contribution in [0.2, 0.25) is 0 Å². The van der Waals surface area contributed by atoms with Crippen molar-refractivity contribution in [3.8, 4) is 0 Å². The minimum atomic E-state index is -0.449. The SMILES string of the molecule is CC.CO.Cc1ccc(C=O)c(F)c1. The molecule has 0 bridgehead atoms. The molecule has 1 aromatic rings. The number of carbonyl (C=O) groups excluding carboxylic acids is 1. The van der Waals surface area contributed by atoms with E-state index in [0.717, 1.165) is 12.7 Å². The first-order chi connectivity index (χ1) is 6.74. The first kappa shape index (κ1) is 15.3. The summed E-state index contributed by atoms with van der Waals surface area (Å²) in [6.07, 6.45) is 0.509. The molecule has 0 aliphatic rings. The van der Waals surface area contributed by atoms with Crippen molar-refractivity contribution >= 4 is 6.29 Å². The van der Waals surface area contributed by atoms with Crippen LogP contribution in [0.5, 0.6) is 0 Å². The topological polar surface area (TPSA) is 37.3 Å². The molecular weight excluding hydrogens is 183 g/mol. The van der Waals surface area contributed by atoms with Crippen molar-refractivity contribution < 1.29 is 14.3 Å². The number of aliphatic hydroxyl groups is 1. The standard InChI is InChI=1S/C8H7FO.C2H6.CH4O/c1-6-2-3-7(5-10)8(9)4-6;2*1-2/h2-5H,1H3;1-2H3;2H,1H3. The average Bonchev–Trinajstić information content (AvgIpc) is 2.24. The Hall–Kier alpha value is -1.22. The predicted octanol–water partition coefficient (Wildman–Crippen LogP) is 2.58. The molecule has 0 atom stereocenters. The number of aldehydes is 1. The highest BCUT2D eigenvalue weighted by Gasteiger charge is 1.97. The summed E-state index contributed by atoms with van der Waals surface area (Å²) in [4.78, 5) is 10.1. The molecule has 0 spiro atoms. The van der Waals surface area contributed by atoms with Gasteiger partial charge in [-0.15, -0.1) is 0 Å². The van der Waals surface area contributed by atoms with E-state index >= 15 is 0 Å². The number of carbonyl (C=O) groups is 1. The lowest BCUT2D eigenvalue weighted by Gasteiger charge is -1.94. The lowest BCUT2D eigenvalue weighted by atomic mass is 10.1. The second kappa shape index (κ2) is 9.86. The van der Waals surface area contributed by atoms with E-state index in [9.17, 15) is 9.18 Å². The van der Waals surface area contributed by atoms with Crippen molar-refractivity contribution in [2.45, 2.75) is 20.8 Å². The molecule has 1 aromatic carbocycles. The summed E-state index contributed by atoms with van der Waals surface area (Å²) in [6, 6.07) is 4.51. The molecule has 1 rings (SSSR count). The molecule has 80 valence electrons. The highest BCUT2D eigenvalue weighted by molar-refractivity contribution is 5.75. The van der Waals surface area contributed by atoms with Gasteiger partial charge < -0.3 is 5.11 Å². The fourth-order valence-electron chi connectivity index (χ4n) is 0.728. The van der Waals surface area contributed by atoms with Gasteiger partial charge in [0.05, 0.1) is 5.56 Å². The van der Waals surface area contributed by atoms with Gasteiger partial charge in [0, 0.05) is 7.11 Å². The van der Waals surface area contributed by atoms with Crippen LogP contribution in [0.3, 0.4) is 0 Å². The summed E-state index contributed by atoms with van der Waals surface area (Å²) in [6.45, 7) is 5.78. The van der Waals surface area contributed by atoms with Gasteiger partial charge in [0.1, 0.15) is 5.82 Å². The molecule has 0 aliphatic heterocycles. The largest absolute Gasteiger partial charge is 0.400 e. The second-order valence-corrected chi connectivity index (χ2v) is 2.14. The van der Waals surface area contributed by atoms with Crippen LogP contribution < -0.4 is 0 Å². The van der Waals surface area contributed by atoms with E-state index in [1.807, 2.05) is 13.8 Å². The Labute approximate surface area is 84.4 Å². The fourth-order valence-corrected chi connectivity index (χ4v) is 0.728.